The molecule has 0 aromatic heterocycles. The number of nitrogens with two attached hydrogens (primary N) is 1. The molecule has 96 valence electrons. The smallest absolute Gasteiger partial charge is 0.0366 e. The van der Waals surface area contributed by atoms with Gasteiger partial charge in [0.05, 0.1) is 0 Å². The molecule has 1 rings (SSSR count). The van der Waals surface area contributed by atoms with Gasteiger partial charge in [-0.25, -0.2) is 0 Å². The maximum atomic E-state index is 5.60. The molecule has 1 aromatic carbocycles. The Hall–Kier alpha value is -1.02. The van der Waals surface area contributed by atoms with Gasteiger partial charge in [0.15, 0.2) is 0 Å². The summed E-state index contributed by atoms with van der Waals surface area (Å²) in [5.41, 5.74) is 8.46. The minimum Gasteiger partial charge on any atom is -0.372 e. The SMILES string of the molecule is CC(CCN)N(C)c1ccc(C(C)(C)C)cc1. The summed E-state index contributed by atoms with van der Waals surface area (Å²) in [6, 6.07) is 9.34. The summed E-state index contributed by atoms with van der Waals surface area (Å²) < 4.78 is 0. The van der Waals surface area contributed by atoms with Crippen LogP contribution in [0, 0.1) is 0 Å². The predicted molar refractivity (Wildman–Crippen MR) is 76.7 cm³/mol. The highest BCUT2D eigenvalue weighted by Crippen LogP contribution is 2.25. The van der Waals surface area contributed by atoms with Gasteiger partial charge in [-0.3, -0.25) is 0 Å². The molecular weight excluding hydrogens is 208 g/mol. The van der Waals surface area contributed by atoms with Crippen molar-refractivity contribution < 1.29 is 0 Å². The van der Waals surface area contributed by atoms with Crippen molar-refractivity contribution in [2.24, 2.45) is 5.73 Å². The second-order valence-corrected chi connectivity index (χ2v) is 5.83. The summed E-state index contributed by atoms with van der Waals surface area (Å²) >= 11 is 0. The van der Waals surface area contributed by atoms with E-state index in [9.17, 15) is 0 Å². The first-order chi connectivity index (χ1) is 7.86. The molecule has 2 heteroatoms. The van der Waals surface area contributed by atoms with E-state index in [1.807, 2.05) is 0 Å². The Bertz CT molecular complexity index is 335. The van der Waals surface area contributed by atoms with Crippen LogP contribution in [0.1, 0.15) is 39.7 Å². The van der Waals surface area contributed by atoms with Crippen molar-refractivity contribution in [2.45, 2.75) is 45.6 Å². The first kappa shape index (κ1) is 14.0. The van der Waals surface area contributed by atoms with Crippen LogP contribution in [0.2, 0.25) is 0 Å². The van der Waals surface area contributed by atoms with Gasteiger partial charge in [-0.2, -0.15) is 0 Å². The molecule has 0 aliphatic rings. The molecule has 0 saturated carbocycles. The third-order valence-electron chi connectivity index (χ3n) is 3.39. The van der Waals surface area contributed by atoms with Crippen molar-refractivity contribution >= 4 is 5.69 Å². The maximum Gasteiger partial charge on any atom is 0.0366 e. The van der Waals surface area contributed by atoms with Gasteiger partial charge in [-0.1, -0.05) is 32.9 Å². The zero-order valence-electron chi connectivity index (χ0n) is 11.8. The average molecular weight is 234 g/mol. The summed E-state index contributed by atoms with van der Waals surface area (Å²) in [6.45, 7) is 9.67. The molecule has 1 unspecified atom stereocenters. The lowest BCUT2D eigenvalue weighted by Crippen LogP contribution is -2.30. The molecule has 0 amide bonds. The van der Waals surface area contributed by atoms with Crippen molar-refractivity contribution in [1.29, 1.82) is 0 Å². The topological polar surface area (TPSA) is 29.3 Å². The lowest BCUT2D eigenvalue weighted by atomic mass is 9.87. The van der Waals surface area contributed by atoms with E-state index in [-0.39, 0.29) is 5.41 Å². The molecule has 2 N–H and O–H groups in total. The highest BCUT2D eigenvalue weighted by atomic mass is 15.1. The van der Waals surface area contributed by atoms with E-state index >= 15 is 0 Å². The fourth-order valence-corrected chi connectivity index (χ4v) is 1.89. The number of nitrogens with zero attached hydrogens (tertiary/aromatic N) is 1. The molecule has 0 aliphatic heterocycles. The number of rotatable bonds is 4. The molecule has 1 aromatic rings. The number of benzene rings is 1. The Labute approximate surface area is 106 Å². The molecule has 0 aliphatic carbocycles. The van der Waals surface area contributed by atoms with E-state index in [4.69, 9.17) is 5.73 Å². The summed E-state index contributed by atoms with van der Waals surface area (Å²) in [6.07, 6.45) is 1.03. The first-order valence-corrected chi connectivity index (χ1v) is 6.39. The minimum absolute atomic E-state index is 0.222. The summed E-state index contributed by atoms with van der Waals surface area (Å²) in [5, 5.41) is 0. The Morgan fingerprint density at radius 1 is 1.18 bits per heavy atom. The van der Waals surface area contributed by atoms with Gasteiger partial charge in [0, 0.05) is 18.8 Å². The van der Waals surface area contributed by atoms with E-state index in [2.05, 4.69) is 63.9 Å². The van der Waals surface area contributed by atoms with Crippen molar-refractivity contribution in [3.8, 4) is 0 Å². The highest BCUT2D eigenvalue weighted by molar-refractivity contribution is 5.48. The Morgan fingerprint density at radius 3 is 2.12 bits per heavy atom. The Kier molecular flexibility index (Phi) is 4.58. The zero-order valence-corrected chi connectivity index (χ0v) is 11.8. The average Bonchev–Trinajstić information content (AvgIpc) is 2.27. The Morgan fingerprint density at radius 2 is 1.71 bits per heavy atom. The van der Waals surface area contributed by atoms with Crippen LogP contribution < -0.4 is 10.6 Å². The number of anilines is 1. The van der Waals surface area contributed by atoms with Crippen LogP contribution in [0.15, 0.2) is 24.3 Å². The molecule has 17 heavy (non-hydrogen) atoms. The van der Waals surface area contributed by atoms with Crippen molar-refractivity contribution in [3.63, 3.8) is 0 Å². The third kappa shape index (κ3) is 3.74. The molecule has 0 radical (unpaired) electrons. The number of hydrogen-bond acceptors (Lipinski definition) is 2. The van der Waals surface area contributed by atoms with Crippen LogP contribution in [0.5, 0.6) is 0 Å². The largest absolute Gasteiger partial charge is 0.372 e. The van der Waals surface area contributed by atoms with Crippen LogP contribution in [-0.2, 0) is 5.41 Å². The van der Waals surface area contributed by atoms with Crippen molar-refractivity contribution in [3.05, 3.63) is 29.8 Å². The van der Waals surface area contributed by atoms with Gasteiger partial charge in [0.1, 0.15) is 0 Å². The van der Waals surface area contributed by atoms with E-state index in [1.54, 1.807) is 0 Å². The molecule has 2 nitrogen and oxygen atoms in total. The third-order valence-corrected chi connectivity index (χ3v) is 3.39. The van der Waals surface area contributed by atoms with Crippen LogP contribution in [0.25, 0.3) is 0 Å². The van der Waals surface area contributed by atoms with Gasteiger partial charge in [0.2, 0.25) is 0 Å². The molecule has 1 atom stereocenters. The quantitative estimate of drug-likeness (QED) is 0.867. The fourth-order valence-electron chi connectivity index (χ4n) is 1.89. The summed E-state index contributed by atoms with van der Waals surface area (Å²) in [4.78, 5) is 2.29. The highest BCUT2D eigenvalue weighted by Gasteiger charge is 2.14. The molecule has 0 bridgehead atoms. The van der Waals surface area contributed by atoms with E-state index in [0.717, 1.165) is 13.0 Å². The van der Waals surface area contributed by atoms with Crippen LogP contribution >= 0.6 is 0 Å². The normalized spacial score (nSPS) is 13.5. The van der Waals surface area contributed by atoms with Gasteiger partial charge in [0.25, 0.3) is 0 Å². The lowest BCUT2D eigenvalue weighted by molar-refractivity contribution is 0.589. The second kappa shape index (κ2) is 5.54. The van der Waals surface area contributed by atoms with Gasteiger partial charge in [-0.05, 0) is 43.0 Å². The van der Waals surface area contributed by atoms with E-state index in [0.29, 0.717) is 6.04 Å². The molecule has 0 spiro atoms. The van der Waals surface area contributed by atoms with Crippen molar-refractivity contribution in [2.75, 3.05) is 18.5 Å². The van der Waals surface area contributed by atoms with E-state index in [1.165, 1.54) is 11.3 Å². The molecule has 0 heterocycles. The lowest BCUT2D eigenvalue weighted by Gasteiger charge is -2.28. The second-order valence-electron chi connectivity index (χ2n) is 5.83. The summed E-state index contributed by atoms with van der Waals surface area (Å²) in [5.74, 6) is 0. The van der Waals surface area contributed by atoms with Gasteiger partial charge >= 0.3 is 0 Å². The first-order valence-electron chi connectivity index (χ1n) is 6.39. The van der Waals surface area contributed by atoms with Gasteiger partial charge < -0.3 is 10.6 Å². The molecular formula is C15H26N2. The standard InChI is InChI=1S/C15H26N2/c1-12(10-11-16)17(5)14-8-6-13(7-9-14)15(2,3)4/h6-9,12H,10-11,16H2,1-5H3. The predicted octanol–water partition coefficient (Wildman–Crippen LogP) is 3.16. The van der Waals surface area contributed by atoms with Gasteiger partial charge in [-0.15, -0.1) is 0 Å². The van der Waals surface area contributed by atoms with Crippen LogP contribution in [-0.4, -0.2) is 19.6 Å². The Balaban J connectivity index is 2.80. The maximum absolute atomic E-state index is 5.60. The molecule has 0 saturated heterocycles. The summed E-state index contributed by atoms with van der Waals surface area (Å²) in [7, 11) is 2.13. The monoisotopic (exact) mass is 234 g/mol. The number of hydrogen-bond donors (Lipinski definition) is 1. The minimum atomic E-state index is 0.222. The van der Waals surface area contributed by atoms with Crippen LogP contribution in [0.4, 0.5) is 5.69 Å². The van der Waals surface area contributed by atoms with E-state index < -0.39 is 0 Å². The van der Waals surface area contributed by atoms with Crippen LogP contribution in [0.3, 0.4) is 0 Å². The van der Waals surface area contributed by atoms with Crippen molar-refractivity contribution in [1.82, 2.24) is 0 Å². The zero-order chi connectivity index (χ0) is 13.1. The molecule has 0 fully saturated rings. The fraction of sp³-hybridized carbons (Fsp3) is 0.600.